The molecule has 1 heterocycles. The first-order valence-electron chi connectivity index (χ1n) is 5.66. The third-order valence-electron chi connectivity index (χ3n) is 2.79. The molecule has 1 aromatic carbocycles. The Morgan fingerprint density at radius 1 is 1.18 bits per heavy atom. The fourth-order valence-electron chi connectivity index (χ4n) is 1.72. The quantitative estimate of drug-likeness (QED) is 0.876. The number of benzene rings is 1. The lowest BCUT2D eigenvalue weighted by molar-refractivity contribution is 0.985. The number of nitrogens with two attached hydrogens (primary N) is 1. The van der Waals surface area contributed by atoms with Crippen LogP contribution >= 0.6 is 0 Å². The minimum Gasteiger partial charge on any atom is -0.343 e. The van der Waals surface area contributed by atoms with Gasteiger partial charge in [0.15, 0.2) is 0 Å². The van der Waals surface area contributed by atoms with Crippen LogP contribution in [0.15, 0.2) is 42.6 Å². The van der Waals surface area contributed by atoms with E-state index in [1.807, 2.05) is 25.4 Å². The summed E-state index contributed by atoms with van der Waals surface area (Å²) < 4.78 is 0. The van der Waals surface area contributed by atoms with Crippen molar-refractivity contribution in [3.63, 3.8) is 0 Å². The van der Waals surface area contributed by atoms with Gasteiger partial charge in [-0.1, -0.05) is 12.1 Å². The SMILES string of the molecule is Cc1cccc(N(C)c2ccc(CN)nc2)c1. The highest BCUT2D eigenvalue weighted by Gasteiger charge is 2.04. The number of aryl methyl sites for hydroxylation is 1. The average Bonchev–Trinajstić information content (AvgIpc) is 2.38. The van der Waals surface area contributed by atoms with Crippen LogP contribution < -0.4 is 10.6 Å². The van der Waals surface area contributed by atoms with Gasteiger partial charge in [-0.3, -0.25) is 4.98 Å². The van der Waals surface area contributed by atoms with E-state index in [1.54, 1.807) is 0 Å². The summed E-state index contributed by atoms with van der Waals surface area (Å²) in [5, 5.41) is 0. The van der Waals surface area contributed by atoms with Crippen molar-refractivity contribution in [1.82, 2.24) is 4.98 Å². The summed E-state index contributed by atoms with van der Waals surface area (Å²) in [4.78, 5) is 6.41. The average molecular weight is 227 g/mol. The van der Waals surface area contributed by atoms with Gasteiger partial charge in [0.05, 0.1) is 17.6 Å². The van der Waals surface area contributed by atoms with Gasteiger partial charge in [0.25, 0.3) is 0 Å². The van der Waals surface area contributed by atoms with E-state index < -0.39 is 0 Å². The lowest BCUT2D eigenvalue weighted by Gasteiger charge is -2.19. The Labute approximate surface area is 102 Å². The molecule has 17 heavy (non-hydrogen) atoms. The molecule has 0 fully saturated rings. The Morgan fingerprint density at radius 2 is 2.00 bits per heavy atom. The van der Waals surface area contributed by atoms with Gasteiger partial charge in [0.1, 0.15) is 0 Å². The largest absolute Gasteiger partial charge is 0.343 e. The summed E-state index contributed by atoms with van der Waals surface area (Å²) in [6, 6.07) is 12.4. The zero-order chi connectivity index (χ0) is 12.3. The minimum atomic E-state index is 0.481. The first kappa shape index (κ1) is 11.6. The molecule has 0 atom stereocenters. The molecular weight excluding hydrogens is 210 g/mol. The molecule has 2 aromatic rings. The van der Waals surface area contributed by atoms with Gasteiger partial charge < -0.3 is 10.6 Å². The van der Waals surface area contributed by atoms with Gasteiger partial charge in [0, 0.05) is 19.3 Å². The van der Waals surface area contributed by atoms with E-state index in [9.17, 15) is 0 Å². The molecule has 0 bridgehead atoms. The Balaban J connectivity index is 2.27. The molecule has 2 N–H and O–H groups in total. The van der Waals surface area contributed by atoms with Crippen LogP contribution in [0.3, 0.4) is 0 Å². The van der Waals surface area contributed by atoms with Crippen LogP contribution in [0.5, 0.6) is 0 Å². The molecule has 0 unspecified atom stereocenters. The lowest BCUT2D eigenvalue weighted by Crippen LogP contribution is -2.10. The maximum absolute atomic E-state index is 5.53. The monoisotopic (exact) mass is 227 g/mol. The third kappa shape index (κ3) is 2.63. The molecule has 0 radical (unpaired) electrons. The summed E-state index contributed by atoms with van der Waals surface area (Å²) in [7, 11) is 2.04. The van der Waals surface area contributed by atoms with Crippen molar-refractivity contribution in [2.45, 2.75) is 13.5 Å². The predicted molar refractivity (Wildman–Crippen MR) is 71.4 cm³/mol. The third-order valence-corrected chi connectivity index (χ3v) is 2.79. The second-order valence-corrected chi connectivity index (χ2v) is 4.11. The van der Waals surface area contributed by atoms with Crippen LogP contribution in [-0.4, -0.2) is 12.0 Å². The first-order valence-corrected chi connectivity index (χ1v) is 5.66. The summed E-state index contributed by atoms with van der Waals surface area (Å²) in [6.45, 7) is 2.57. The molecule has 88 valence electrons. The Hall–Kier alpha value is -1.87. The summed E-state index contributed by atoms with van der Waals surface area (Å²) in [6.07, 6.45) is 1.85. The summed E-state index contributed by atoms with van der Waals surface area (Å²) in [5.41, 5.74) is 9.91. The van der Waals surface area contributed by atoms with Crippen LogP contribution in [0.25, 0.3) is 0 Å². The van der Waals surface area contributed by atoms with Crippen LogP contribution in [0.1, 0.15) is 11.3 Å². The van der Waals surface area contributed by atoms with Gasteiger partial charge in [0.2, 0.25) is 0 Å². The van der Waals surface area contributed by atoms with Crippen molar-refractivity contribution in [2.75, 3.05) is 11.9 Å². The molecule has 0 saturated heterocycles. The Kier molecular flexibility index (Phi) is 3.40. The number of nitrogens with zero attached hydrogens (tertiary/aromatic N) is 2. The molecular formula is C14H17N3. The molecule has 1 aromatic heterocycles. The van der Waals surface area contributed by atoms with E-state index in [0.717, 1.165) is 17.1 Å². The molecule has 0 aliphatic rings. The Morgan fingerprint density at radius 3 is 2.59 bits per heavy atom. The van der Waals surface area contributed by atoms with Crippen LogP contribution in [0, 0.1) is 6.92 Å². The van der Waals surface area contributed by atoms with Crippen molar-refractivity contribution >= 4 is 11.4 Å². The molecule has 0 amide bonds. The number of pyridine rings is 1. The smallest absolute Gasteiger partial charge is 0.0594 e. The van der Waals surface area contributed by atoms with Crippen LogP contribution in [-0.2, 0) is 6.54 Å². The van der Waals surface area contributed by atoms with E-state index in [4.69, 9.17) is 5.73 Å². The van der Waals surface area contributed by atoms with E-state index in [0.29, 0.717) is 6.54 Å². The number of rotatable bonds is 3. The number of aromatic nitrogens is 1. The minimum absolute atomic E-state index is 0.481. The van der Waals surface area contributed by atoms with Crippen molar-refractivity contribution in [3.8, 4) is 0 Å². The van der Waals surface area contributed by atoms with Crippen molar-refractivity contribution in [3.05, 3.63) is 53.9 Å². The first-order chi connectivity index (χ1) is 8.20. The Bertz CT molecular complexity index is 491. The highest BCUT2D eigenvalue weighted by atomic mass is 15.1. The molecule has 3 heteroatoms. The second-order valence-electron chi connectivity index (χ2n) is 4.11. The maximum atomic E-state index is 5.53. The molecule has 0 aliphatic carbocycles. The topological polar surface area (TPSA) is 42.1 Å². The molecule has 0 saturated carbocycles. The normalized spacial score (nSPS) is 10.3. The van der Waals surface area contributed by atoms with Gasteiger partial charge in [-0.25, -0.2) is 0 Å². The zero-order valence-corrected chi connectivity index (χ0v) is 10.2. The maximum Gasteiger partial charge on any atom is 0.0594 e. The number of hydrogen-bond donors (Lipinski definition) is 1. The van der Waals surface area contributed by atoms with E-state index >= 15 is 0 Å². The summed E-state index contributed by atoms with van der Waals surface area (Å²) >= 11 is 0. The predicted octanol–water partition coefficient (Wildman–Crippen LogP) is 2.62. The van der Waals surface area contributed by atoms with Crippen LogP contribution in [0.2, 0.25) is 0 Å². The van der Waals surface area contributed by atoms with Gasteiger partial charge in [-0.05, 0) is 36.8 Å². The fourth-order valence-corrected chi connectivity index (χ4v) is 1.72. The molecule has 0 spiro atoms. The van der Waals surface area contributed by atoms with Gasteiger partial charge >= 0.3 is 0 Å². The van der Waals surface area contributed by atoms with E-state index in [1.165, 1.54) is 5.56 Å². The standard InChI is InChI=1S/C14H17N3/c1-11-4-3-5-13(8-11)17(2)14-7-6-12(9-15)16-10-14/h3-8,10H,9,15H2,1-2H3. The van der Waals surface area contributed by atoms with Crippen molar-refractivity contribution in [2.24, 2.45) is 5.73 Å². The molecule has 3 nitrogen and oxygen atoms in total. The zero-order valence-electron chi connectivity index (χ0n) is 10.2. The number of anilines is 2. The summed E-state index contributed by atoms with van der Waals surface area (Å²) in [5.74, 6) is 0. The van der Waals surface area contributed by atoms with Crippen molar-refractivity contribution < 1.29 is 0 Å². The van der Waals surface area contributed by atoms with Crippen LogP contribution in [0.4, 0.5) is 11.4 Å². The van der Waals surface area contributed by atoms with Gasteiger partial charge in [-0.2, -0.15) is 0 Å². The number of hydrogen-bond acceptors (Lipinski definition) is 3. The fraction of sp³-hybridized carbons (Fsp3) is 0.214. The molecule has 0 aliphatic heterocycles. The van der Waals surface area contributed by atoms with Crippen molar-refractivity contribution in [1.29, 1.82) is 0 Å². The lowest BCUT2D eigenvalue weighted by atomic mass is 10.2. The molecule has 2 rings (SSSR count). The second kappa shape index (κ2) is 4.97. The van der Waals surface area contributed by atoms with E-state index in [-0.39, 0.29) is 0 Å². The van der Waals surface area contributed by atoms with E-state index in [2.05, 4.69) is 41.1 Å². The highest BCUT2D eigenvalue weighted by Crippen LogP contribution is 2.23. The van der Waals surface area contributed by atoms with Gasteiger partial charge in [-0.15, -0.1) is 0 Å². The highest BCUT2D eigenvalue weighted by molar-refractivity contribution is 5.62.